The molecular formula is C14H25N3O2. The van der Waals surface area contributed by atoms with Gasteiger partial charge in [-0.2, -0.15) is 0 Å². The molecule has 0 aliphatic carbocycles. The second-order valence-corrected chi connectivity index (χ2v) is 5.52. The minimum atomic E-state index is 0.172. The number of nitrogens with zero attached hydrogens (tertiary/aromatic N) is 2. The van der Waals surface area contributed by atoms with E-state index in [0.29, 0.717) is 24.7 Å². The van der Waals surface area contributed by atoms with Crippen molar-refractivity contribution in [2.24, 2.45) is 5.92 Å². The van der Waals surface area contributed by atoms with Crippen molar-refractivity contribution < 1.29 is 9.59 Å². The Balaban J connectivity index is 1.76. The van der Waals surface area contributed by atoms with Gasteiger partial charge in [-0.05, 0) is 25.9 Å². The Morgan fingerprint density at radius 2 is 1.74 bits per heavy atom. The number of piperidine rings is 1. The predicted octanol–water partition coefficient (Wildman–Crippen LogP) is 0.109. The number of nitrogens with one attached hydrogen (secondary N) is 1. The van der Waals surface area contributed by atoms with Crippen LogP contribution in [-0.4, -0.2) is 67.3 Å². The van der Waals surface area contributed by atoms with Crippen LogP contribution < -0.4 is 5.32 Å². The molecule has 0 unspecified atom stereocenters. The van der Waals surface area contributed by atoms with Gasteiger partial charge in [-0.15, -0.1) is 0 Å². The molecule has 5 nitrogen and oxygen atoms in total. The summed E-state index contributed by atoms with van der Waals surface area (Å²) in [5, 5.41) is 3.27. The molecule has 2 rings (SSSR count). The van der Waals surface area contributed by atoms with Gasteiger partial charge in [-0.3, -0.25) is 14.5 Å². The van der Waals surface area contributed by atoms with Crippen LogP contribution in [0.5, 0.6) is 0 Å². The highest BCUT2D eigenvalue weighted by Crippen LogP contribution is 2.20. The van der Waals surface area contributed by atoms with E-state index < -0.39 is 0 Å². The molecule has 108 valence electrons. The first-order chi connectivity index (χ1) is 9.20. The van der Waals surface area contributed by atoms with Crippen molar-refractivity contribution in [2.75, 3.05) is 45.8 Å². The van der Waals surface area contributed by atoms with E-state index in [1.54, 1.807) is 0 Å². The first kappa shape index (κ1) is 14.5. The molecule has 0 spiro atoms. The predicted molar refractivity (Wildman–Crippen MR) is 73.9 cm³/mol. The minimum Gasteiger partial charge on any atom is -0.340 e. The highest BCUT2D eigenvalue weighted by molar-refractivity contribution is 5.80. The lowest BCUT2D eigenvalue weighted by Gasteiger charge is -2.35. The summed E-state index contributed by atoms with van der Waals surface area (Å²) in [5.41, 5.74) is 0. The summed E-state index contributed by atoms with van der Waals surface area (Å²) in [6, 6.07) is 0. The molecular weight excluding hydrogens is 242 g/mol. The lowest BCUT2D eigenvalue weighted by Crippen LogP contribution is -2.50. The van der Waals surface area contributed by atoms with E-state index >= 15 is 0 Å². The fourth-order valence-corrected chi connectivity index (χ4v) is 2.84. The average Bonchev–Trinajstić information content (AvgIpc) is 2.48. The number of ketones is 1. The van der Waals surface area contributed by atoms with Gasteiger partial charge in [0.2, 0.25) is 5.91 Å². The van der Waals surface area contributed by atoms with Crippen molar-refractivity contribution in [3.8, 4) is 0 Å². The van der Waals surface area contributed by atoms with Crippen LogP contribution in [-0.2, 0) is 9.59 Å². The van der Waals surface area contributed by atoms with E-state index in [-0.39, 0.29) is 5.92 Å². The molecule has 0 saturated carbocycles. The van der Waals surface area contributed by atoms with Crippen LogP contribution in [0.15, 0.2) is 0 Å². The zero-order chi connectivity index (χ0) is 13.7. The monoisotopic (exact) mass is 267 g/mol. The topological polar surface area (TPSA) is 52.7 Å². The zero-order valence-corrected chi connectivity index (χ0v) is 11.9. The van der Waals surface area contributed by atoms with Crippen LogP contribution in [0, 0.1) is 5.92 Å². The van der Waals surface area contributed by atoms with Crippen molar-refractivity contribution in [1.29, 1.82) is 0 Å². The maximum absolute atomic E-state index is 12.4. The molecule has 1 N–H and O–H groups in total. The summed E-state index contributed by atoms with van der Waals surface area (Å²) in [4.78, 5) is 28.0. The number of carbonyl (C=O) groups excluding carboxylic acids is 2. The van der Waals surface area contributed by atoms with E-state index in [0.717, 1.165) is 52.1 Å². The Kier molecular flexibility index (Phi) is 5.34. The highest BCUT2D eigenvalue weighted by Gasteiger charge is 2.29. The summed E-state index contributed by atoms with van der Waals surface area (Å²) in [6.45, 7) is 7.74. The molecule has 0 radical (unpaired) electrons. The Labute approximate surface area is 115 Å². The molecule has 0 atom stereocenters. The Hall–Kier alpha value is -0.940. The number of amides is 1. The number of carbonyl (C=O) groups is 2. The standard InChI is InChI=1S/C14H25N3O2/c1-2-13(18)11-16-7-3-12(4-8-16)14(19)17-9-5-15-6-10-17/h12,15H,2-11H2,1H3. The van der Waals surface area contributed by atoms with Crippen LogP contribution in [0.1, 0.15) is 26.2 Å². The van der Waals surface area contributed by atoms with Gasteiger partial charge in [0.25, 0.3) is 0 Å². The van der Waals surface area contributed by atoms with Gasteiger partial charge in [0.1, 0.15) is 5.78 Å². The van der Waals surface area contributed by atoms with Crippen LogP contribution in [0.3, 0.4) is 0 Å². The van der Waals surface area contributed by atoms with Gasteiger partial charge in [0, 0.05) is 38.5 Å². The van der Waals surface area contributed by atoms with Gasteiger partial charge in [0.05, 0.1) is 6.54 Å². The third kappa shape index (κ3) is 4.01. The summed E-state index contributed by atoms with van der Waals surface area (Å²) >= 11 is 0. The van der Waals surface area contributed by atoms with Crippen LogP contribution in [0.2, 0.25) is 0 Å². The molecule has 1 amide bonds. The van der Waals surface area contributed by atoms with E-state index in [1.807, 2.05) is 11.8 Å². The van der Waals surface area contributed by atoms with Crippen molar-refractivity contribution in [3.05, 3.63) is 0 Å². The van der Waals surface area contributed by atoms with Gasteiger partial charge in [-0.25, -0.2) is 0 Å². The normalized spacial score (nSPS) is 22.5. The Morgan fingerprint density at radius 3 is 2.32 bits per heavy atom. The first-order valence-corrected chi connectivity index (χ1v) is 7.44. The van der Waals surface area contributed by atoms with Crippen LogP contribution >= 0.6 is 0 Å². The molecule has 0 aromatic heterocycles. The SMILES string of the molecule is CCC(=O)CN1CCC(C(=O)N2CCNCC2)CC1. The number of piperazine rings is 1. The second kappa shape index (κ2) is 7.01. The fraction of sp³-hybridized carbons (Fsp3) is 0.857. The smallest absolute Gasteiger partial charge is 0.225 e. The maximum Gasteiger partial charge on any atom is 0.225 e. The van der Waals surface area contributed by atoms with E-state index in [2.05, 4.69) is 10.2 Å². The molecule has 2 heterocycles. The number of hydrogen-bond donors (Lipinski definition) is 1. The summed E-state index contributed by atoms with van der Waals surface area (Å²) in [7, 11) is 0. The van der Waals surface area contributed by atoms with Gasteiger partial charge in [-0.1, -0.05) is 6.92 Å². The van der Waals surface area contributed by atoms with Crippen LogP contribution in [0.4, 0.5) is 0 Å². The van der Waals surface area contributed by atoms with Crippen molar-refractivity contribution in [3.63, 3.8) is 0 Å². The number of rotatable bonds is 4. The molecule has 0 aromatic carbocycles. The summed E-state index contributed by atoms with van der Waals surface area (Å²) < 4.78 is 0. The van der Waals surface area contributed by atoms with Crippen LogP contribution in [0.25, 0.3) is 0 Å². The molecule has 2 aliphatic rings. The molecule has 2 aliphatic heterocycles. The second-order valence-electron chi connectivity index (χ2n) is 5.52. The van der Waals surface area contributed by atoms with Gasteiger partial charge in [0.15, 0.2) is 0 Å². The maximum atomic E-state index is 12.4. The fourth-order valence-electron chi connectivity index (χ4n) is 2.84. The molecule has 2 saturated heterocycles. The molecule has 0 bridgehead atoms. The average molecular weight is 267 g/mol. The summed E-state index contributed by atoms with van der Waals surface area (Å²) in [5.74, 6) is 0.793. The summed E-state index contributed by atoms with van der Waals surface area (Å²) in [6.07, 6.45) is 2.42. The number of likely N-dealkylation sites (tertiary alicyclic amines) is 1. The Morgan fingerprint density at radius 1 is 1.11 bits per heavy atom. The molecule has 19 heavy (non-hydrogen) atoms. The third-order valence-electron chi connectivity index (χ3n) is 4.16. The zero-order valence-electron chi connectivity index (χ0n) is 11.9. The number of hydrogen-bond acceptors (Lipinski definition) is 4. The lowest BCUT2D eigenvalue weighted by atomic mass is 9.95. The Bertz CT molecular complexity index is 319. The van der Waals surface area contributed by atoms with E-state index in [9.17, 15) is 9.59 Å². The molecule has 2 fully saturated rings. The minimum absolute atomic E-state index is 0.172. The van der Waals surface area contributed by atoms with Gasteiger partial charge >= 0.3 is 0 Å². The van der Waals surface area contributed by atoms with Crippen molar-refractivity contribution in [2.45, 2.75) is 26.2 Å². The largest absolute Gasteiger partial charge is 0.340 e. The quantitative estimate of drug-likeness (QED) is 0.785. The lowest BCUT2D eigenvalue weighted by molar-refractivity contribution is -0.137. The van der Waals surface area contributed by atoms with Crippen molar-refractivity contribution >= 4 is 11.7 Å². The number of Topliss-reactive ketones (excluding diaryl/α,β-unsaturated/α-hetero) is 1. The first-order valence-electron chi connectivity index (χ1n) is 7.44. The van der Waals surface area contributed by atoms with E-state index in [1.165, 1.54) is 0 Å². The molecule has 5 heteroatoms. The highest BCUT2D eigenvalue weighted by atomic mass is 16.2. The third-order valence-corrected chi connectivity index (χ3v) is 4.16. The molecule has 0 aromatic rings. The van der Waals surface area contributed by atoms with Gasteiger partial charge < -0.3 is 10.2 Å². The van der Waals surface area contributed by atoms with E-state index in [4.69, 9.17) is 0 Å². The van der Waals surface area contributed by atoms with Crippen molar-refractivity contribution in [1.82, 2.24) is 15.1 Å².